The van der Waals surface area contributed by atoms with Crippen LogP contribution in [-0.4, -0.2) is 24.2 Å². The Kier molecular flexibility index (Phi) is 6.12. The zero-order valence-corrected chi connectivity index (χ0v) is 18.7. The van der Waals surface area contributed by atoms with Crippen molar-refractivity contribution in [1.82, 2.24) is 9.55 Å². The number of hydrogen-bond donors (Lipinski definition) is 0. The van der Waals surface area contributed by atoms with E-state index >= 15 is 0 Å². The maximum atomic E-state index is 13.9. The van der Waals surface area contributed by atoms with Crippen LogP contribution in [-0.2, 0) is 11.5 Å². The molecule has 0 radical (unpaired) electrons. The van der Waals surface area contributed by atoms with Crippen molar-refractivity contribution in [2.45, 2.75) is 46.3 Å². The molecule has 3 rings (SSSR count). The summed E-state index contributed by atoms with van der Waals surface area (Å²) in [5, 5.41) is 1.27. The molecule has 0 aliphatic heterocycles. The van der Waals surface area contributed by atoms with Gasteiger partial charge < -0.3 is 14.0 Å². The quantitative estimate of drug-likeness (QED) is 0.321. The van der Waals surface area contributed by atoms with Crippen LogP contribution >= 0.6 is 11.6 Å². The fraction of sp³-hybridized carbons (Fsp3) is 0.381. The van der Waals surface area contributed by atoms with Gasteiger partial charge in [0.1, 0.15) is 29.7 Å². The number of fused-ring (bicyclic) bond motifs is 1. The van der Waals surface area contributed by atoms with E-state index in [1.807, 2.05) is 11.5 Å². The Labute approximate surface area is 171 Å². The van der Waals surface area contributed by atoms with Gasteiger partial charge >= 0.3 is 0 Å². The average Bonchev–Trinajstić information content (AvgIpc) is 2.86. The largest absolute Gasteiger partial charge is 0.456 e. The van der Waals surface area contributed by atoms with Crippen molar-refractivity contribution in [1.29, 1.82) is 0 Å². The van der Waals surface area contributed by atoms with E-state index < -0.39 is 8.07 Å². The topological polar surface area (TPSA) is 36.3 Å². The molecule has 1 aromatic carbocycles. The van der Waals surface area contributed by atoms with E-state index in [0.717, 1.165) is 11.7 Å². The van der Waals surface area contributed by atoms with Gasteiger partial charge in [0, 0.05) is 32.6 Å². The highest BCUT2D eigenvalue weighted by Gasteiger charge is 2.19. The number of aryl methyl sites for hydroxylation is 1. The number of nitrogens with zero attached hydrogens (tertiary/aromatic N) is 2. The van der Waals surface area contributed by atoms with Gasteiger partial charge in [0.25, 0.3) is 0 Å². The summed E-state index contributed by atoms with van der Waals surface area (Å²) >= 11 is 6.60. The van der Waals surface area contributed by atoms with Gasteiger partial charge in [0.15, 0.2) is 0 Å². The van der Waals surface area contributed by atoms with Gasteiger partial charge in [0.2, 0.25) is 0 Å². The highest BCUT2D eigenvalue weighted by Crippen LogP contribution is 2.38. The molecule has 28 heavy (non-hydrogen) atoms. The van der Waals surface area contributed by atoms with Crippen molar-refractivity contribution in [2.24, 2.45) is 0 Å². The van der Waals surface area contributed by atoms with E-state index in [0.29, 0.717) is 46.5 Å². The maximum absolute atomic E-state index is 13.9. The molecule has 4 nitrogen and oxygen atoms in total. The van der Waals surface area contributed by atoms with Crippen LogP contribution in [0.2, 0.25) is 30.7 Å². The van der Waals surface area contributed by atoms with Gasteiger partial charge in [0.05, 0.1) is 10.4 Å². The Morgan fingerprint density at radius 1 is 1.18 bits per heavy atom. The molecule has 0 fully saturated rings. The minimum atomic E-state index is -1.15. The third-order valence-electron chi connectivity index (χ3n) is 4.68. The molecule has 0 atom stereocenters. The predicted octanol–water partition coefficient (Wildman–Crippen LogP) is 6.55. The van der Waals surface area contributed by atoms with Crippen LogP contribution in [0.5, 0.6) is 11.5 Å². The smallest absolute Gasteiger partial charge is 0.147 e. The van der Waals surface area contributed by atoms with Crippen LogP contribution in [0.1, 0.15) is 11.3 Å². The third-order valence-corrected chi connectivity index (χ3v) is 6.84. The Balaban J connectivity index is 1.88. The van der Waals surface area contributed by atoms with E-state index in [9.17, 15) is 4.39 Å². The van der Waals surface area contributed by atoms with Crippen molar-refractivity contribution in [3.8, 4) is 11.5 Å². The molecule has 3 aromatic rings. The highest BCUT2D eigenvalue weighted by atomic mass is 35.5. The van der Waals surface area contributed by atoms with Gasteiger partial charge in [-0.2, -0.15) is 0 Å². The van der Waals surface area contributed by atoms with Gasteiger partial charge in [-0.15, -0.1) is 0 Å². The Bertz CT molecular complexity index is 998. The van der Waals surface area contributed by atoms with Gasteiger partial charge in [-0.05, 0) is 37.6 Å². The molecule has 0 saturated carbocycles. The highest BCUT2D eigenvalue weighted by molar-refractivity contribution is 6.76. The molecule has 0 saturated heterocycles. The van der Waals surface area contributed by atoms with Gasteiger partial charge in [-0.1, -0.05) is 37.3 Å². The summed E-state index contributed by atoms with van der Waals surface area (Å²) in [7, 11) is -1.15. The SMILES string of the molecule is Cc1ccc(Oc2ccnc3c2c(Cl)c(C)n3COCC[Si](C)(C)C)cc1F. The molecule has 0 N–H and O–H groups in total. The lowest BCUT2D eigenvalue weighted by Crippen LogP contribution is -2.22. The minimum Gasteiger partial charge on any atom is -0.456 e. The number of benzene rings is 1. The Morgan fingerprint density at radius 3 is 2.61 bits per heavy atom. The second-order valence-electron chi connectivity index (χ2n) is 8.20. The number of halogens is 2. The van der Waals surface area contributed by atoms with Gasteiger partial charge in [-0.25, -0.2) is 9.37 Å². The molecule has 0 aliphatic carbocycles. The van der Waals surface area contributed by atoms with E-state index in [2.05, 4.69) is 24.6 Å². The van der Waals surface area contributed by atoms with Crippen LogP contribution in [0, 0.1) is 19.7 Å². The lowest BCUT2D eigenvalue weighted by atomic mass is 10.2. The second kappa shape index (κ2) is 8.23. The number of ether oxygens (including phenoxy) is 2. The summed E-state index contributed by atoms with van der Waals surface area (Å²) in [5.41, 5.74) is 2.13. The van der Waals surface area contributed by atoms with Crippen LogP contribution < -0.4 is 4.74 Å². The van der Waals surface area contributed by atoms with Crippen LogP contribution in [0.4, 0.5) is 4.39 Å². The lowest BCUT2D eigenvalue weighted by molar-refractivity contribution is 0.0886. The first-order valence-electron chi connectivity index (χ1n) is 9.32. The number of aromatic nitrogens is 2. The number of rotatable bonds is 7. The minimum absolute atomic E-state index is 0.307. The molecule has 7 heteroatoms. The lowest BCUT2D eigenvalue weighted by Gasteiger charge is -2.16. The molecular formula is C21H26ClFN2O2Si. The zero-order valence-electron chi connectivity index (χ0n) is 17.0. The monoisotopic (exact) mass is 420 g/mol. The molecule has 0 aliphatic rings. The molecule has 0 spiro atoms. The summed E-state index contributed by atoms with van der Waals surface area (Å²) in [5.74, 6) is 0.657. The second-order valence-corrected chi connectivity index (χ2v) is 14.2. The molecule has 0 amide bonds. The summed E-state index contributed by atoms with van der Waals surface area (Å²) < 4.78 is 27.6. The van der Waals surface area contributed by atoms with Gasteiger partial charge in [-0.3, -0.25) is 0 Å². The molecule has 0 bridgehead atoms. The molecule has 2 heterocycles. The summed E-state index contributed by atoms with van der Waals surface area (Å²) in [6, 6.07) is 7.63. The van der Waals surface area contributed by atoms with Crippen molar-refractivity contribution in [3.05, 3.63) is 52.6 Å². The molecule has 2 aromatic heterocycles. The molecule has 150 valence electrons. The standard InChI is InChI=1S/C21H26ClFN2O2Si/c1-14-6-7-16(12-17(14)23)27-18-8-9-24-21-19(18)20(22)15(2)25(21)13-26-10-11-28(3,4)5/h6-9,12H,10-11,13H2,1-5H3. The molecule has 0 unspecified atom stereocenters. The van der Waals surface area contributed by atoms with Crippen LogP contribution in [0.3, 0.4) is 0 Å². The third kappa shape index (κ3) is 4.56. The average molecular weight is 421 g/mol. The summed E-state index contributed by atoms with van der Waals surface area (Å²) in [4.78, 5) is 4.48. The van der Waals surface area contributed by atoms with Crippen molar-refractivity contribution in [2.75, 3.05) is 6.61 Å². The number of pyridine rings is 1. The first kappa shape index (κ1) is 20.8. The van der Waals surface area contributed by atoms with Crippen LogP contribution in [0.15, 0.2) is 30.5 Å². The van der Waals surface area contributed by atoms with E-state index in [1.54, 1.807) is 31.3 Å². The van der Waals surface area contributed by atoms with Crippen molar-refractivity contribution < 1.29 is 13.9 Å². The predicted molar refractivity (Wildman–Crippen MR) is 115 cm³/mol. The zero-order chi connectivity index (χ0) is 20.5. The summed E-state index contributed by atoms with van der Waals surface area (Å²) in [6.45, 7) is 11.7. The normalized spacial score (nSPS) is 12.0. The molecular weight excluding hydrogens is 395 g/mol. The van der Waals surface area contributed by atoms with E-state index in [-0.39, 0.29) is 5.82 Å². The van der Waals surface area contributed by atoms with Crippen molar-refractivity contribution >= 4 is 30.7 Å². The van der Waals surface area contributed by atoms with Crippen LogP contribution in [0.25, 0.3) is 11.0 Å². The Hall–Kier alpha value is -1.89. The first-order chi connectivity index (χ1) is 13.2. The van der Waals surface area contributed by atoms with E-state index in [1.165, 1.54) is 6.07 Å². The van der Waals surface area contributed by atoms with E-state index in [4.69, 9.17) is 21.1 Å². The fourth-order valence-corrected chi connectivity index (χ4v) is 3.88. The Morgan fingerprint density at radius 2 is 1.93 bits per heavy atom. The fourth-order valence-electron chi connectivity index (χ4n) is 2.84. The maximum Gasteiger partial charge on any atom is 0.147 e. The first-order valence-corrected chi connectivity index (χ1v) is 13.4. The summed E-state index contributed by atoms with van der Waals surface area (Å²) in [6.07, 6.45) is 1.66. The van der Waals surface area contributed by atoms with Crippen molar-refractivity contribution in [3.63, 3.8) is 0 Å². The number of hydrogen-bond acceptors (Lipinski definition) is 3.